The number of amides is 2. The number of anilines is 2. The van der Waals surface area contributed by atoms with E-state index >= 15 is 0 Å². The van der Waals surface area contributed by atoms with Crippen LogP contribution in [0.2, 0.25) is 0 Å². The molecule has 5 N–H and O–H groups in total. The fourth-order valence-electron chi connectivity index (χ4n) is 2.33. The molecule has 2 aromatic rings. The van der Waals surface area contributed by atoms with Crippen LogP contribution in [-0.4, -0.2) is 56.5 Å². The van der Waals surface area contributed by atoms with Crippen LogP contribution in [0.15, 0.2) is 24.3 Å². The lowest BCUT2D eigenvalue weighted by Crippen LogP contribution is -2.32. The Morgan fingerprint density at radius 3 is 2.76 bits per heavy atom. The molecule has 1 aliphatic heterocycles. The van der Waals surface area contributed by atoms with Gasteiger partial charge < -0.3 is 25.4 Å². The van der Waals surface area contributed by atoms with Crippen LogP contribution in [0.4, 0.5) is 20.0 Å². The quantitative estimate of drug-likeness (QED) is 0.528. The molecule has 1 aliphatic rings. The minimum Gasteiger partial charge on any atom is -0.394 e. The van der Waals surface area contributed by atoms with Gasteiger partial charge in [0, 0.05) is 5.69 Å². The van der Waals surface area contributed by atoms with E-state index in [0.717, 1.165) is 17.4 Å². The van der Waals surface area contributed by atoms with Crippen LogP contribution in [0.25, 0.3) is 0 Å². The molecule has 0 saturated carbocycles. The average molecular weight is 370 g/mol. The third-order valence-electron chi connectivity index (χ3n) is 3.53. The topological polar surface area (TPSA) is 137 Å². The molecule has 0 spiro atoms. The number of aliphatic hydroxyl groups excluding tert-OH is 3. The molecule has 11 heteroatoms. The van der Waals surface area contributed by atoms with Crippen molar-refractivity contribution in [3.05, 3.63) is 35.1 Å². The number of carbonyl (C=O) groups is 1. The minimum absolute atomic E-state index is 0.127. The molecule has 9 nitrogen and oxygen atoms in total. The minimum atomic E-state index is -1.26. The van der Waals surface area contributed by atoms with Crippen LogP contribution in [0, 0.1) is 5.82 Å². The van der Waals surface area contributed by atoms with Crippen molar-refractivity contribution in [2.45, 2.75) is 24.4 Å². The lowest BCUT2D eigenvalue weighted by atomic mass is 10.1. The van der Waals surface area contributed by atoms with E-state index in [9.17, 15) is 19.4 Å². The molecule has 134 valence electrons. The van der Waals surface area contributed by atoms with Gasteiger partial charge in [0.05, 0.1) is 6.61 Å². The second-order valence-electron chi connectivity index (χ2n) is 5.29. The Labute approximate surface area is 145 Å². The van der Waals surface area contributed by atoms with Gasteiger partial charge >= 0.3 is 6.03 Å². The fraction of sp³-hybridized carbons (Fsp3) is 0.357. The smallest absolute Gasteiger partial charge is 0.325 e. The summed E-state index contributed by atoms with van der Waals surface area (Å²) in [6.07, 6.45) is -4.38. The highest BCUT2D eigenvalue weighted by Gasteiger charge is 2.44. The van der Waals surface area contributed by atoms with Crippen molar-refractivity contribution in [1.82, 2.24) is 10.2 Å². The Balaban J connectivity index is 1.63. The molecule has 25 heavy (non-hydrogen) atoms. The Morgan fingerprint density at radius 2 is 2.08 bits per heavy atom. The van der Waals surface area contributed by atoms with Gasteiger partial charge in [-0.3, -0.25) is 5.32 Å². The Hall–Kier alpha value is -2.18. The number of urea groups is 1. The number of nitrogens with zero attached hydrogens (tertiary/aromatic N) is 2. The predicted octanol–water partition coefficient (Wildman–Crippen LogP) is 0.475. The van der Waals surface area contributed by atoms with E-state index in [0.29, 0.717) is 0 Å². The first-order valence-corrected chi connectivity index (χ1v) is 8.09. The van der Waals surface area contributed by atoms with Gasteiger partial charge in [-0.1, -0.05) is 17.4 Å². The number of halogens is 1. The van der Waals surface area contributed by atoms with Crippen LogP contribution >= 0.6 is 11.3 Å². The van der Waals surface area contributed by atoms with Crippen LogP contribution in [-0.2, 0) is 4.74 Å². The molecule has 3 rings (SSSR count). The number of aromatic nitrogens is 2. The molecule has 0 radical (unpaired) electrons. The summed E-state index contributed by atoms with van der Waals surface area (Å²) in [5.74, 6) is -0.486. The van der Waals surface area contributed by atoms with Crippen LogP contribution in [0.1, 0.15) is 11.1 Å². The lowest BCUT2D eigenvalue weighted by Gasteiger charge is -2.10. The Kier molecular flexibility index (Phi) is 5.20. The van der Waals surface area contributed by atoms with Gasteiger partial charge in [-0.05, 0) is 18.2 Å². The second kappa shape index (κ2) is 7.37. The van der Waals surface area contributed by atoms with Crippen molar-refractivity contribution in [1.29, 1.82) is 0 Å². The summed E-state index contributed by atoms with van der Waals surface area (Å²) in [5.41, 5.74) is 0.269. The summed E-state index contributed by atoms with van der Waals surface area (Å²) >= 11 is 0.945. The van der Waals surface area contributed by atoms with Crippen molar-refractivity contribution < 1.29 is 29.2 Å². The molecule has 0 aliphatic carbocycles. The average Bonchev–Trinajstić information content (AvgIpc) is 3.13. The van der Waals surface area contributed by atoms with Crippen molar-refractivity contribution in [2.75, 3.05) is 17.2 Å². The van der Waals surface area contributed by atoms with Gasteiger partial charge in [0.15, 0.2) is 5.01 Å². The van der Waals surface area contributed by atoms with Gasteiger partial charge in [-0.25, -0.2) is 9.18 Å². The van der Waals surface area contributed by atoms with Crippen molar-refractivity contribution in [3.63, 3.8) is 0 Å². The zero-order valence-electron chi connectivity index (χ0n) is 12.7. The zero-order valence-corrected chi connectivity index (χ0v) is 13.5. The third kappa shape index (κ3) is 3.91. The van der Waals surface area contributed by atoms with Crippen molar-refractivity contribution >= 4 is 28.2 Å². The first kappa shape index (κ1) is 17.6. The van der Waals surface area contributed by atoms with Crippen LogP contribution in [0.5, 0.6) is 0 Å². The molecule has 1 aromatic heterocycles. The molecule has 0 unspecified atom stereocenters. The summed E-state index contributed by atoms with van der Waals surface area (Å²) in [6, 6.07) is 4.74. The highest BCUT2D eigenvalue weighted by atomic mass is 32.1. The van der Waals surface area contributed by atoms with E-state index in [1.165, 1.54) is 18.2 Å². The maximum absolute atomic E-state index is 13.1. The lowest BCUT2D eigenvalue weighted by molar-refractivity contribution is -0.0229. The summed E-state index contributed by atoms with van der Waals surface area (Å²) in [4.78, 5) is 11.9. The highest BCUT2D eigenvalue weighted by Crippen LogP contribution is 2.35. The first-order chi connectivity index (χ1) is 12.0. The molecular weight excluding hydrogens is 355 g/mol. The monoisotopic (exact) mass is 370 g/mol. The zero-order chi connectivity index (χ0) is 18.0. The van der Waals surface area contributed by atoms with E-state index in [2.05, 4.69) is 20.8 Å². The van der Waals surface area contributed by atoms with Gasteiger partial charge in [0.25, 0.3) is 0 Å². The van der Waals surface area contributed by atoms with Gasteiger partial charge in [0.1, 0.15) is 30.2 Å². The molecule has 4 atom stereocenters. The SMILES string of the molecule is O=C(Nc1cccc(F)c1)Nc1nnc([C@@H]2O[C@H](CO)[C@@H](O)[C@H]2O)s1. The second-order valence-corrected chi connectivity index (χ2v) is 6.30. The molecule has 0 bridgehead atoms. The standard InChI is InChI=1S/C14H15FN4O5S/c15-6-2-1-3-7(4-6)16-13(23)17-14-19-18-12(25-14)11-10(22)9(21)8(5-20)24-11/h1-4,8-11,20-22H,5H2,(H2,16,17,19,23)/t8-,9-,10-,11-/m1/s1. The number of carbonyl (C=O) groups excluding carboxylic acids is 1. The molecule has 1 fully saturated rings. The number of rotatable bonds is 4. The number of aliphatic hydroxyl groups is 3. The summed E-state index contributed by atoms with van der Waals surface area (Å²) in [6.45, 7) is -0.450. The number of hydrogen-bond donors (Lipinski definition) is 5. The number of ether oxygens (including phenoxy) is 1. The van der Waals surface area contributed by atoms with Crippen molar-refractivity contribution in [3.8, 4) is 0 Å². The van der Waals surface area contributed by atoms with E-state index in [1.807, 2.05) is 0 Å². The summed E-state index contributed by atoms with van der Waals surface area (Å²) in [7, 11) is 0. The third-order valence-corrected chi connectivity index (χ3v) is 4.43. The molecule has 2 amide bonds. The van der Waals surface area contributed by atoms with Crippen molar-refractivity contribution in [2.24, 2.45) is 0 Å². The number of hydrogen-bond acceptors (Lipinski definition) is 8. The first-order valence-electron chi connectivity index (χ1n) is 7.27. The number of benzene rings is 1. The number of nitrogens with one attached hydrogen (secondary N) is 2. The maximum Gasteiger partial charge on any atom is 0.325 e. The van der Waals surface area contributed by atoms with Gasteiger partial charge in [-0.15, -0.1) is 10.2 Å². The van der Waals surface area contributed by atoms with E-state index in [1.54, 1.807) is 0 Å². The normalized spacial score (nSPS) is 25.8. The predicted molar refractivity (Wildman–Crippen MR) is 85.7 cm³/mol. The Bertz CT molecular complexity index is 760. The Morgan fingerprint density at radius 1 is 1.28 bits per heavy atom. The molecular formula is C14H15FN4O5S. The largest absolute Gasteiger partial charge is 0.394 e. The van der Waals surface area contributed by atoms with Gasteiger partial charge in [0.2, 0.25) is 5.13 Å². The molecule has 2 heterocycles. The van der Waals surface area contributed by atoms with Crippen LogP contribution in [0.3, 0.4) is 0 Å². The van der Waals surface area contributed by atoms with Crippen LogP contribution < -0.4 is 10.6 Å². The highest BCUT2D eigenvalue weighted by molar-refractivity contribution is 7.15. The summed E-state index contributed by atoms with van der Waals surface area (Å²) < 4.78 is 18.4. The fourth-order valence-corrected chi connectivity index (χ4v) is 3.15. The van der Waals surface area contributed by atoms with E-state index in [4.69, 9.17) is 9.84 Å². The summed E-state index contributed by atoms with van der Waals surface area (Å²) in [5, 5.41) is 41.6. The maximum atomic E-state index is 13.1. The van der Waals surface area contributed by atoms with E-state index < -0.39 is 42.9 Å². The molecule has 1 saturated heterocycles. The molecule has 1 aromatic carbocycles. The van der Waals surface area contributed by atoms with Gasteiger partial charge in [-0.2, -0.15) is 0 Å². The van der Waals surface area contributed by atoms with E-state index in [-0.39, 0.29) is 15.8 Å².